The maximum Gasteiger partial charge on any atom is 0.338 e. The van der Waals surface area contributed by atoms with Crippen LogP contribution in [0, 0.1) is 6.92 Å². The Bertz CT molecular complexity index is 423. The van der Waals surface area contributed by atoms with Crippen LogP contribution in [0.1, 0.15) is 36.7 Å². The van der Waals surface area contributed by atoms with Crippen LogP contribution in [0.25, 0.3) is 0 Å². The number of carboxylic acid groups (broad SMARTS) is 1. The van der Waals surface area contributed by atoms with Gasteiger partial charge in [0, 0.05) is 13.0 Å². The number of thiophene rings is 1. The van der Waals surface area contributed by atoms with Crippen LogP contribution in [-0.4, -0.2) is 23.0 Å². The van der Waals surface area contributed by atoms with Crippen molar-refractivity contribution >= 4 is 28.2 Å². The van der Waals surface area contributed by atoms with Crippen molar-refractivity contribution in [2.24, 2.45) is 0 Å². The number of carboxylic acids is 1. The van der Waals surface area contributed by atoms with Gasteiger partial charge in [0.2, 0.25) is 5.91 Å². The Morgan fingerprint density at radius 3 is 2.38 bits per heavy atom. The van der Waals surface area contributed by atoms with Gasteiger partial charge in [-0.3, -0.25) is 4.79 Å². The maximum atomic E-state index is 11.5. The van der Waals surface area contributed by atoms with E-state index in [1.807, 2.05) is 13.8 Å². The van der Waals surface area contributed by atoms with Crippen molar-refractivity contribution in [3.8, 4) is 0 Å². The van der Waals surface area contributed by atoms with Crippen LogP contribution in [-0.2, 0) is 4.79 Å². The van der Waals surface area contributed by atoms with Crippen molar-refractivity contribution in [3.63, 3.8) is 0 Å². The number of nitrogens with zero attached hydrogens (tertiary/aromatic N) is 1. The zero-order chi connectivity index (χ0) is 12.5. The number of carbonyl (C=O) groups excluding carboxylic acids is 1. The van der Waals surface area contributed by atoms with Gasteiger partial charge in [-0.2, -0.15) is 0 Å². The topological polar surface area (TPSA) is 57.6 Å². The van der Waals surface area contributed by atoms with E-state index in [2.05, 4.69) is 0 Å². The number of hydrogen-bond donors (Lipinski definition) is 1. The summed E-state index contributed by atoms with van der Waals surface area (Å²) < 4.78 is 0. The molecule has 1 aromatic heterocycles. The second-order valence-electron chi connectivity index (χ2n) is 3.89. The standard InChI is InChI=1S/C11H15NO3S/c1-6(2)12(8(4)13)10-9(11(14)15)7(3)5-16-10/h5-6H,1-4H3,(H,14,15). The molecule has 0 atom stereocenters. The van der Waals surface area contributed by atoms with Crippen LogP contribution < -0.4 is 4.90 Å². The van der Waals surface area contributed by atoms with Gasteiger partial charge < -0.3 is 10.0 Å². The van der Waals surface area contributed by atoms with Crippen molar-refractivity contribution in [2.75, 3.05) is 4.90 Å². The number of rotatable bonds is 3. The lowest BCUT2D eigenvalue weighted by Gasteiger charge is -2.24. The Kier molecular flexibility index (Phi) is 3.70. The summed E-state index contributed by atoms with van der Waals surface area (Å²) in [6, 6.07) is -0.0475. The molecule has 0 aliphatic rings. The zero-order valence-corrected chi connectivity index (χ0v) is 10.6. The van der Waals surface area contributed by atoms with Crippen LogP contribution in [0.4, 0.5) is 5.00 Å². The number of amides is 1. The smallest absolute Gasteiger partial charge is 0.338 e. The first-order valence-corrected chi connectivity index (χ1v) is 5.85. The molecule has 0 aliphatic heterocycles. The minimum absolute atomic E-state index is 0.0475. The molecule has 0 saturated carbocycles. The Morgan fingerprint density at radius 1 is 1.44 bits per heavy atom. The SMILES string of the molecule is CC(=O)N(c1scc(C)c1C(=O)O)C(C)C. The first-order chi connectivity index (χ1) is 7.36. The molecule has 1 heterocycles. The highest BCUT2D eigenvalue weighted by Crippen LogP contribution is 2.32. The molecule has 4 nitrogen and oxygen atoms in total. The fourth-order valence-corrected chi connectivity index (χ4v) is 2.83. The summed E-state index contributed by atoms with van der Waals surface area (Å²) in [7, 11) is 0. The molecule has 16 heavy (non-hydrogen) atoms. The maximum absolute atomic E-state index is 11.5. The molecule has 0 unspecified atom stereocenters. The molecular weight excluding hydrogens is 226 g/mol. The van der Waals surface area contributed by atoms with Gasteiger partial charge in [0.05, 0.1) is 5.56 Å². The van der Waals surface area contributed by atoms with Crippen molar-refractivity contribution in [2.45, 2.75) is 33.7 Å². The van der Waals surface area contributed by atoms with Gasteiger partial charge in [-0.05, 0) is 31.7 Å². The molecule has 0 spiro atoms. The highest BCUT2D eigenvalue weighted by molar-refractivity contribution is 7.15. The molecule has 0 fully saturated rings. The number of aromatic carboxylic acids is 1. The zero-order valence-electron chi connectivity index (χ0n) is 9.77. The largest absolute Gasteiger partial charge is 0.478 e. The minimum Gasteiger partial charge on any atom is -0.478 e. The summed E-state index contributed by atoms with van der Waals surface area (Å²) >= 11 is 1.29. The third-order valence-corrected chi connectivity index (χ3v) is 3.34. The predicted molar refractivity (Wildman–Crippen MR) is 64.3 cm³/mol. The quantitative estimate of drug-likeness (QED) is 0.884. The van der Waals surface area contributed by atoms with Crippen LogP contribution in [0.5, 0.6) is 0 Å². The molecule has 0 aromatic carbocycles. The first-order valence-electron chi connectivity index (χ1n) is 4.97. The second-order valence-corrected chi connectivity index (χ2v) is 4.74. The summed E-state index contributed by atoms with van der Waals surface area (Å²) in [5.41, 5.74) is 0.924. The number of carbonyl (C=O) groups is 2. The average molecular weight is 241 g/mol. The number of hydrogen-bond acceptors (Lipinski definition) is 3. The highest BCUT2D eigenvalue weighted by Gasteiger charge is 2.24. The molecule has 0 bridgehead atoms. The van der Waals surface area contributed by atoms with E-state index < -0.39 is 5.97 Å². The lowest BCUT2D eigenvalue weighted by molar-refractivity contribution is -0.116. The van der Waals surface area contributed by atoms with Gasteiger partial charge in [0.15, 0.2) is 0 Å². The molecule has 0 radical (unpaired) electrons. The fraction of sp³-hybridized carbons (Fsp3) is 0.455. The highest BCUT2D eigenvalue weighted by atomic mass is 32.1. The van der Waals surface area contributed by atoms with E-state index in [9.17, 15) is 9.59 Å². The Balaban J connectivity index is 3.30. The second kappa shape index (κ2) is 4.65. The summed E-state index contributed by atoms with van der Waals surface area (Å²) in [6.45, 7) is 6.91. The molecule has 88 valence electrons. The minimum atomic E-state index is -0.986. The lowest BCUT2D eigenvalue weighted by atomic mass is 10.2. The Morgan fingerprint density at radius 2 is 2.00 bits per heavy atom. The van der Waals surface area contributed by atoms with Gasteiger partial charge in [0.1, 0.15) is 5.00 Å². The van der Waals surface area contributed by atoms with Gasteiger partial charge in [0.25, 0.3) is 0 Å². The Hall–Kier alpha value is -1.36. The normalized spacial score (nSPS) is 10.6. The average Bonchev–Trinajstić information content (AvgIpc) is 2.46. The molecular formula is C11H15NO3S. The molecule has 1 N–H and O–H groups in total. The molecule has 1 rings (SSSR count). The van der Waals surface area contributed by atoms with Crippen LogP contribution in [0.15, 0.2) is 5.38 Å². The van der Waals surface area contributed by atoms with Gasteiger partial charge in [-0.25, -0.2) is 4.79 Å². The first kappa shape index (κ1) is 12.7. The van der Waals surface area contributed by atoms with E-state index in [0.717, 1.165) is 0 Å². The van der Waals surface area contributed by atoms with Crippen LogP contribution in [0.2, 0.25) is 0 Å². The Labute approximate surface area is 98.5 Å². The van der Waals surface area contributed by atoms with E-state index in [1.54, 1.807) is 12.3 Å². The van der Waals surface area contributed by atoms with Crippen molar-refractivity contribution in [3.05, 3.63) is 16.5 Å². The lowest BCUT2D eigenvalue weighted by Crippen LogP contribution is -2.35. The number of aryl methyl sites for hydroxylation is 1. The fourth-order valence-electron chi connectivity index (χ4n) is 1.61. The van der Waals surface area contributed by atoms with Crippen molar-refractivity contribution in [1.29, 1.82) is 0 Å². The van der Waals surface area contributed by atoms with Gasteiger partial charge in [-0.15, -0.1) is 11.3 Å². The molecule has 1 aromatic rings. The monoisotopic (exact) mass is 241 g/mol. The van der Waals surface area contributed by atoms with Gasteiger partial charge >= 0.3 is 5.97 Å². The summed E-state index contributed by atoms with van der Waals surface area (Å²) in [5.74, 6) is -1.12. The van der Waals surface area contributed by atoms with E-state index >= 15 is 0 Å². The van der Waals surface area contributed by atoms with Crippen LogP contribution in [0.3, 0.4) is 0 Å². The predicted octanol–water partition coefficient (Wildman–Crippen LogP) is 2.52. The molecule has 0 aliphatic carbocycles. The third-order valence-electron chi connectivity index (χ3n) is 2.24. The molecule has 0 saturated heterocycles. The van der Waals surface area contributed by atoms with Gasteiger partial charge in [-0.1, -0.05) is 0 Å². The van der Waals surface area contributed by atoms with E-state index in [-0.39, 0.29) is 17.5 Å². The summed E-state index contributed by atoms with van der Waals surface area (Å²) in [4.78, 5) is 24.1. The molecule has 1 amide bonds. The van der Waals surface area contributed by atoms with E-state index in [4.69, 9.17) is 5.11 Å². The van der Waals surface area contributed by atoms with Crippen molar-refractivity contribution in [1.82, 2.24) is 0 Å². The summed E-state index contributed by atoms with van der Waals surface area (Å²) in [5, 5.41) is 11.4. The van der Waals surface area contributed by atoms with E-state index in [0.29, 0.717) is 10.6 Å². The van der Waals surface area contributed by atoms with Crippen LogP contribution >= 0.6 is 11.3 Å². The third kappa shape index (κ3) is 2.24. The van der Waals surface area contributed by atoms with Crippen molar-refractivity contribution < 1.29 is 14.7 Å². The summed E-state index contributed by atoms with van der Waals surface area (Å²) in [6.07, 6.45) is 0. The number of anilines is 1. The van der Waals surface area contributed by atoms with E-state index in [1.165, 1.54) is 23.2 Å². The molecule has 5 heteroatoms.